The molecule has 1 heterocycles. The van der Waals surface area contributed by atoms with Crippen LogP contribution in [0.4, 0.5) is 0 Å². The summed E-state index contributed by atoms with van der Waals surface area (Å²) < 4.78 is 0. The monoisotopic (exact) mass is 229 g/mol. The van der Waals surface area contributed by atoms with E-state index in [0.29, 0.717) is 12.8 Å². The van der Waals surface area contributed by atoms with E-state index >= 15 is 0 Å². The summed E-state index contributed by atoms with van der Waals surface area (Å²) in [4.78, 5) is 24.3. The SMILES string of the molecule is CCC(CC)C(=O)N1C[C@H](O)C[C@H]1C(=O)O. The first-order chi connectivity index (χ1) is 7.51. The van der Waals surface area contributed by atoms with Gasteiger partial charge in [0.25, 0.3) is 0 Å². The normalized spacial score (nSPS) is 25.1. The number of nitrogens with zero attached hydrogens (tertiary/aromatic N) is 1. The molecule has 1 saturated heterocycles. The number of amides is 1. The third-order valence-corrected chi connectivity index (χ3v) is 3.18. The average molecular weight is 229 g/mol. The molecular weight excluding hydrogens is 210 g/mol. The molecule has 2 atom stereocenters. The van der Waals surface area contributed by atoms with Gasteiger partial charge in [0, 0.05) is 18.9 Å². The first-order valence-electron chi connectivity index (χ1n) is 5.72. The number of rotatable bonds is 4. The van der Waals surface area contributed by atoms with E-state index in [9.17, 15) is 14.7 Å². The van der Waals surface area contributed by atoms with Crippen molar-refractivity contribution in [1.82, 2.24) is 4.90 Å². The molecule has 0 saturated carbocycles. The summed E-state index contributed by atoms with van der Waals surface area (Å²) in [6.45, 7) is 3.97. The number of carboxylic acid groups (broad SMARTS) is 1. The van der Waals surface area contributed by atoms with Gasteiger partial charge in [0.05, 0.1) is 6.10 Å². The third kappa shape index (κ3) is 2.52. The van der Waals surface area contributed by atoms with E-state index in [1.807, 2.05) is 13.8 Å². The number of β-amino-alcohol motifs (C(OH)–C–C–N with tert-alkyl or cyclic N) is 1. The summed E-state index contributed by atoms with van der Waals surface area (Å²) in [6.07, 6.45) is 0.837. The zero-order valence-electron chi connectivity index (χ0n) is 9.72. The van der Waals surface area contributed by atoms with E-state index in [-0.39, 0.29) is 24.8 Å². The molecule has 0 unspecified atom stereocenters. The molecule has 0 radical (unpaired) electrons. The molecule has 1 aliphatic heterocycles. The van der Waals surface area contributed by atoms with Gasteiger partial charge < -0.3 is 15.1 Å². The predicted octanol–water partition coefficient (Wildman–Crippen LogP) is 0.469. The molecule has 5 heteroatoms. The number of carbonyl (C=O) groups is 2. The van der Waals surface area contributed by atoms with Gasteiger partial charge in [0.2, 0.25) is 5.91 Å². The van der Waals surface area contributed by atoms with Crippen LogP contribution >= 0.6 is 0 Å². The van der Waals surface area contributed by atoms with E-state index in [1.165, 1.54) is 4.90 Å². The Morgan fingerprint density at radius 3 is 2.38 bits per heavy atom. The molecular formula is C11H19NO4. The zero-order chi connectivity index (χ0) is 12.3. The van der Waals surface area contributed by atoms with Crippen LogP contribution in [0.15, 0.2) is 0 Å². The van der Waals surface area contributed by atoms with Crippen molar-refractivity contribution >= 4 is 11.9 Å². The lowest BCUT2D eigenvalue weighted by Crippen LogP contribution is -2.43. The molecule has 16 heavy (non-hydrogen) atoms. The Hall–Kier alpha value is -1.10. The number of aliphatic carboxylic acids is 1. The minimum absolute atomic E-state index is 0.132. The third-order valence-electron chi connectivity index (χ3n) is 3.18. The van der Waals surface area contributed by atoms with Gasteiger partial charge in [-0.3, -0.25) is 4.79 Å². The van der Waals surface area contributed by atoms with Crippen LogP contribution in [0.5, 0.6) is 0 Å². The molecule has 1 amide bonds. The molecule has 92 valence electrons. The van der Waals surface area contributed by atoms with E-state index in [2.05, 4.69) is 0 Å². The van der Waals surface area contributed by atoms with Gasteiger partial charge in [-0.25, -0.2) is 4.79 Å². The largest absolute Gasteiger partial charge is 0.480 e. The minimum atomic E-state index is -1.03. The number of carboxylic acids is 1. The lowest BCUT2D eigenvalue weighted by molar-refractivity contribution is -0.150. The first-order valence-corrected chi connectivity index (χ1v) is 5.72. The summed E-state index contributed by atoms with van der Waals surface area (Å²) in [5.74, 6) is -1.31. The molecule has 0 aromatic carbocycles. The van der Waals surface area contributed by atoms with Crippen LogP contribution in [-0.2, 0) is 9.59 Å². The highest BCUT2D eigenvalue weighted by Crippen LogP contribution is 2.22. The fraction of sp³-hybridized carbons (Fsp3) is 0.818. The number of likely N-dealkylation sites (tertiary alicyclic amines) is 1. The Labute approximate surface area is 95.1 Å². The maximum atomic E-state index is 12.0. The summed E-state index contributed by atoms with van der Waals surface area (Å²) >= 11 is 0. The Morgan fingerprint density at radius 2 is 1.94 bits per heavy atom. The molecule has 0 aliphatic carbocycles. The maximum Gasteiger partial charge on any atom is 0.326 e. The van der Waals surface area contributed by atoms with Crippen molar-refractivity contribution in [2.24, 2.45) is 5.92 Å². The van der Waals surface area contributed by atoms with Gasteiger partial charge in [0.15, 0.2) is 0 Å². The molecule has 2 N–H and O–H groups in total. The van der Waals surface area contributed by atoms with Crippen LogP contribution in [0.1, 0.15) is 33.1 Å². The number of aliphatic hydroxyl groups excluding tert-OH is 1. The van der Waals surface area contributed by atoms with Crippen LogP contribution in [0.3, 0.4) is 0 Å². The maximum absolute atomic E-state index is 12.0. The second kappa shape index (κ2) is 5.30. The second-order valence-electron chi connectivity index (χ2n) is 4.25. The molecule has 0 aromatic heterocycles. The van der Waals surface area contributed by atoms with E-state index in [4.69, 9.17) is 5.11 Å². The molecule has 5 nitrogen and oxygen atoms in total. The topological polar surface area (TPSA) is 77.8 Å². The molecule has 1 rings (SSSR count). The average Bonchev–Trinajstić information content (AvgIpc) is 2.62. The number of carbonyl (C=O) groups excluding carboxylic acids is 1. The van der Waals surface area contributed by atoms with Crippen molar-refractivity contribution in [3.63, 3.8) is 0 Å². The quantitative estimate of drug-likeness (QED) is 0.734. The van der Waals surface area contributed by atoms with Crippen molar-refractivity contribution < 1.29 is 19.8 Å². The Kier molecular flexibility index (Phi) is 4.29. The summed E-state index contributed by atoms with van der Waals surface area (Å²) in [5.41, 5.74) is 0. The number of aliphatic hydroxyl groups is 1. The van der Waals surface area contributed by atoms with E-state index in [1.54, 1.807) is 0 Å². The van der Waals surface area contributed by atoms with Crippen molar-refractivity contribution in [3.05, 3.63) is 0 Å². The van der Waals surface area contributed by atoms with Gasteiger partial charge in [0.1, 0.15) is 6.04 Å². The van der Waals surface area contributed by atoms with Gasteiger partial charge >= 0.3 is 5.97 Å². The zero-order valence-corrected chi connectivity index (χ0v) is 9.72. The molecule has 0 bridgehead atoms. The summed E-state index contributed by atoms with van der Waals surface area (Å²) in [7, 11) is 0. The van der Waals surface area contributed by atoms with Gasteiger partial charge in [-0.15, -0.1) is 0 Å². The fourth-order valence-corrected chi connectivity index (χ4v) is 2.16. The van der Waals surface area contributed by atoms with Crippen LogP contribution in [0, 0.1) is 5.92 Å². The van der Waals surface area contributed by atoms with E-state index in [0.717, 1.165) is 0 Å². The molecule has 1 aliphatic rings. The Morgan fingerprint density at radius 1 is 1.38 bits per heavy atom. The van der Waals surface area contributed by atoms with Crippen LogP contribution in [0.25, 0.3) is 0 Å². The Bertz CT molecular complexity index is 275. The second-order valence-corrected chi connectivity index (χ2v) is 4.25. The predicted molar refractivity (Wildman–Crippen MR) is 57.8 cm³/mol. The van der Waals surface area contributed by atoms with Gasteiger partial charge in [-0.05, 0) is 12.8 Å². The van der Waals surface area contributed by atoms with Crippen molar-refractivity contribution in [2.45, 2.75) is 45.3 Å². The molecule has 0 aromatic rings. The van der Waals surface area contributed by atoms with Crippen molar-refractivity contribution in [1.29, 1.82) is 0 Å². The van der Waals surface area contributed by atoms with Crippen molar-refractivity contribution in [2.75, 3.05) is 6.54 Å². The number of hydrogen-bond donors (Lipinski definition) is 2. The lowest BCUT2D eigenvalue weighted by atomic mass is 10.0. The first kappa shape index (κ1) is 13.0. The smallest absolute Gasteiger partial charge is 0.326 e. The van der Waals surface area contributed by atoms with Gasteiger partial charge in [-0.2, -0.15) is 0 Å². The van der Waals surface area contributed by atoms with Gasteiger partial charge in [-0.1, -0.05) is 13.8 Å². The summed E-state index contributed by atoms with van der Waals surface area (Å²) in [6, 6.07) is -0.858. The standard InChI is InChI=1S/C11H19NO4/c1-3-7(4-2)10(14)12-6-8(13)5-9(12)11(15)16/h7-9,13H,3-6H2,1-2H3,(H,15,16)/t8-,9+/m1/s1. The summed E-state index contributed by atoms with van der Waals surface area (Å²) in [5, 5.41) is 18.4. The highest BCUT2D eigenvalue weighted by atomic mass is 16.4. The number of hydrogen-bond acceptors (Lipinski definition) is 3. The highest BCUT2D eigenvalue weighted by Gasteiger charge is 2.40. The van der Waals surface area contributed by atoms with Crippen LogP contribution in [-0.4, -0.2) is 45.7 Å². The minimum Gasteiger partial charge on any atom is -0.480 e. The van der Waals surface area contributed by atoms with E-state index < -0.39 is 18.1 Å². The van der Waals surface area contributed by atoms with Crippen LogP contribution < -0.4 is 0 Å². The highest BCUT2D eigenvalue weighted by molar-refractivity contribution is 5.85. The van der Waals surface area contributed by atoms with Crippen molar-refractivity contribution in [3.8, 4) is 0 Å². The molecule has 1 fully saturated rings. The molecule has 0 spiro atoms. The van der Waals surface area contributed by atoms with Crippen LogP contribution in [0.2, 0.25) is 0 Å². The Balaban J connectivity index is 2.77. The fourth-order valence-electron chi connectivity index (χ4n) is 2.16. The lowest BCUT2D eigenvalue weighted by Gasteiger charge is -2.25.